The monoisotopic (exact) mass is 434 g/mol. The van der Waals surface area contributed by atoms with Crippen LogP contribution in [-0.2, 0) is 0 Å². The van der Waals surface area contributed by atoms with Crippen LogP contribution in [-0.4, -0.2) is 27.2 Å². The minimum atomic E-state index is -0.374. The Morgan fingerprint density at radius 2 is 2.12 bits per heavy atom. The first-order valence-corrected chi connectivity index (χ1v) is 9.08. The average molecular weight is 435 g/mol. The minimum absolute atomic E-state index is 0.0589. The first-order valence-electron chi connectivity index (χ1n) is 7.88. The summed E-state index contributed by atoms with van der Waals surface area (Å²) in [6.45, 7) is 3.92. The molecular weight excluding hydrogens is 419 g/mol. The Morgan fingerprint density at radius 3 is 2.88 bits per heavy atom. The predicted octanol–water partition coefficient (Wildman–Crippen LogP) is 5.18. The summed E-state index contributed by atoms with van der Waals surface area (Å²) in [6, 6.07) is 12.1. The molecule has 0 unspecified atom stereocenters. The molecule has 0 aliphatic carbocycles. The maximum Gasteiger partial charge on any atom is 0.216 e. The van der Waals surface area contributed by atoms with E-state index in [4.69, 9.17) is 17.0 Å². The van der Waals surface area contributed by atoms with E-state index in [-0.39, 0.29) is 11.9 Å². The van der Waals surface area contributed by atoms with E-state index in [9.17, 15) is 4.39 Å². The lowest BCUT2D eigenvalue weighted by atomic mass is 10.2. The second-order valence-corrected chi connectivity index (χ2v) is 7.07. The van der Waals surface area contributed by atoms with Gasteiger partial charge < -0.3 is 4.74 Å². The number of hydrogen-bond donors (Lipinski definition) is 1. The van der Waals surface area contributed by atoms with Gasteiger partial charge in [-0.05, 0) is 56.4 Å². The molecular formula is C18H16BrFN4OS. The summed E-state index contributed by atoms with van der Waals surface area (Å²) in [5, 5.41) is 11.2. The van der Waals surface area contributed by atoms with Crippen molar-refractivity contribution in [2.75, 3.05) is 0 Å². The van der Waals surface area contributed by atoms with Gasteiger partial charge in [0.05, 0.1) is 12.3 Å². The van der Waals surface area contributed by atoms with Gasteiger partial charge >= 0.3 is 0 Å². The third-order valence-electron chi connectivity index (χ3n) is 3.38. The van der Waals surface area contributed by atoms with Crippen molar-refractivity contribution in [3.63, 3.8) is 0 Å². The summed E-state index contributed by atoms with van der Waals surface area (Å²) in [5.74, 6) is 0.858. The van der Waals surface area contributed by atoms with Crippen LogP contribution in [0.25, 0.3) is 11.4 Å². The van der Waals surface area contributed by atoms with Crippen molar-refractivity contribution < 1.29 is 9.13 Å². The van der Waals surface area contributed by atoms with Gasteiger partial charge in [-0.1, -0.05) is 28.1 Å². The van der Waals surface area contributed by atoms with Crippen molar-refractivity contribution in [3.05, 3.63) is 63.1 Å². The van der Waals surface area contributed by atoms with Gasteiger partial charge in [0.15, 0.2) is 5.82 Å². The van der Waals surface area contributed by atoms with Crippen molar-refractivity contribution in [1.82, 2.24) is 14.9 Å². The van der Waals surface area contributed by atoms with Crippen LogP contribution >= 0.6 is 28.1 Å². The van der Waals surface area contributed by atoms with Gasteiger partial charge in [0, 0.05) is 15.6 Å². The first kappa shape index (κ1) is 18.5. The molecule has 1 N–H and O–H groups in total. The zero-order chi connectivity index (χ0) is 18.7. The second kappa shape index (κ2) is 7.92. The highest BCUT2D eigenvalue weighted by Gasteiger charge is 2.10. The fourth-order valence-corrected chi connectivity index (χ4v) is 2.86. The van der Waals surface area contributed by atoms with E-state index in [2.05, 4.69) is 31.2 Å². The van der Waals surface area contributed by atoms with E-state index in [1.807, 2.05) is 38.1 Å². The van der Waals surface area contributed by atoms with Crippen molar-refractivity contribution in [2.45, 2.75) is 20.0 Å². The van der Waals surface area contributed by atoms with Crippen LogP contribution in [0, 0.1) is 10.6 Å². The topological polar surface area (TPSA) is 55.2 Å². The molecule has 0 bridgehead atoms. The number of halogens is 2. The van der Waals surface area contributed by atoms with Gasteiger partial charge in [0.25, 0.3) is 0 Å². The smallest absolute Gasteiger partial charge is 0.216 e. The van der Waals surface area contributed by atoms with Gasteiger partial charge in [0.1, 0.15) is 11.6 Å². The Balaban J connectivity index is 1.98. The first-order chi connectivity index (χ1) is 12.4. The van der Waals surface area contributed by atoms with Gasteiger partial charge in [-0.15, -0.1) is 0 Å². The van der Waals surface area contributed by atoms with Crippen LogP contribution in [0.5, 0.6) is 5.75 Å². The fourth-order valence-electron chi connectivity index (χ4n) is 2.30. The third kappa shape index (κ3) is 4.25. The number of nitrogens with zero attached hydrogens (tertiary/aromatic N) is 3. The Labute approximate surface area is 163 Å². The third-order valence-corrected chi connectivity index (χ3v) is 4.14. The maximum absolute atomic E-state index is 13.9. The van der Waals surface area contributed by atoms with Crippen LogP contribution in [0.15, 0.2) is 52.0 Å². The SMILES string of the molecule is CC(C)Oc1cccc(-c2n[nH]c(=S)n2/N=C\c2cc(Br)ccc2F)c1. The summed E-state index contributed by atoms with van der Waals surface area (Å²) in [6.07, 6.45) is 1.47. The van der Waals surface area contributed by atoms with Gasteiger partial charge in [-0.2, -0.15) is 14.9 Å². The van der Waals surface area contributed by atoms with Crippen LogP contribution in [0.4, 0.5) is 4.39 Å². The molecule has 2 aromatic carbocycles. The van der Waals surface area contributed by atoms with Gasteiger partial charge in [-0.25, -0.2) is 9.49 Å². The summed E-state index contributed by atoms with van der Waals surface area (Å²) in [7, 11) is 0. The summed E-state index contributed by atoms with van der Waals surface area (Å²) >= 11 is 8.57. The minimum Gasteiger partial charge on any atom is -0.491 e. The molecule has 5 nitrogen and oxygen atoms in total. The number of rotatable bonds is 5. The number of ether oxygens (including phenoxy) is 1. The highest BCUT2D eigenvalue weighted by atomic mass is 79.9. The second-order valence-electron chi connectivity index (χ2n) is 5.77. The Morgan fingerprint density at radius 1 is 1.31 bits per heavy atom. The van der Waals surface area contributed by atoms with Crippen LogP contribution < -0.4 is 4.74 Å². The molecule has 3 rings (SSSR count). The number of aromatic amines is 1. The van der Waals surface area contributed by atoms with E-state index in [0.29, 0.717) is 16.2 Å². The average Bonchev–Trinajstić information content (AvgIpc) is 2.96. The van der Waals surface area contributed by atoms with Gasteiger partial charge in [-0.3, -0.25) is 0 Å². The summed E-state index contributed by atoms with van der Waals surface area (Å²) in [5.41, 5.74) is 1.12. The van der Waals surface area contributed by atoms with E-state index in [1.54, 1.807) is 12.1 Å². The lowest BCUT2D eigenvalue weighted by Crippen LogP contribution is -2.05. The zero-order valence-corrected chi connectivity index (χ0v) is 16.5. The van der Waals surface area contributed by atoms with Crippen molar-refractivity contribution in [1.29, 1.82) is 0 Å². The quantitative estimate of drug-likeness (QED) is 0.444. The Hall–Kier alpha value is -2.32. The summed E-state index contributed by atoms with van der Waals surface area (Å²) in [4.78, 5) is 0. The molecule has 0 amide bonds. The number of benzene rings is 2. The molecule has 8 heteroatoms. The van der Waals surface area contributed by atoms with Crippen LogP contribution in [0.2, 0.25) is 0 Å². The fraction of sp³-hybridized carbons (Fsp3) is 0.167. The lowest BCUT2D eigenvalue weighted by molar-refractivity contribution is 0.242. The standard InChI is InChI=1S/C18H16BrFN4OS/c1-11(2)25-15-5-3-4-12(9-15)17-22-23-18(26)24(17)21-10-13-8-14(19)6-7-16(13)20/h3-11H,1-2H3,(H,23,26)/b21-10-. The Bertz CT molecular complexity index is 1010. The molecule has 0 aliphatic rings. The lowest BCUT2D eigenvalue weighted by Gasteiger charge is -2.10. The van der Waals surface area contributed by atoms with Crippen LogP contribution in [0.3, 0.4) is 0 Å². The normalized spacial score (nSPS) is 11.4. The highest BCUT2D eigenvalue weighted by Crippen LogP contribution is 2.23. The molecule has 0 spiro atoms. The van der Waals surface area contributed by atoms with Crippen molar-refractivity contribution >= 4 is 34.4 Å². The molecule has 1 heterocycles. The van der Waals surface area contributed by atoms with Crippen molar-refractivity contribution in [2.24, 2.45) is 5.10 Å². The van der Waals surface area contributed by atoms with Crippen molar-refractivity contribution in [3.8, 4) is 17.1 Å². The Kier molecular flexibility index (Phi) is 5.63. The van der Waals surface area contributed by atoms with E-state index in [1.165, 1.54) is 17.0 Å². The number of hydrogen-bond acceptors (Lipinski definition) is 4. The molecule has 0 saturated carbocycles. The molecule has 0 fully saturated rings. The van der Waals surface area contributed by atoms with E-state index < -0.39 is 0 Å². The molecule has 26 heavy (non-hydrogen) atoms. The van der Waals surface area contributed by atoms with E-state index >= 15 is 0 Å². The molecule has 0 atom stereocenters. The highest BCUT2D eigenvalue weighted by molar-refractivity contribution is 9.10. The number of nitrogens with one attached hydrogen (secondary N) is 1. The zero-order valence-electron chi connectivity index (χ0n) is 14.1. The molecule has 0 radical (unpaired) electrons. The van der Waals surface area contributed by atoms with Crippen LogP contribution in [0.1, 0.15) is 19.4 Å². The maximum atomic E-state index is 13.9. The molecule has 0 saturated heterocycles. The predicted molar refractivity (Wildman–Crippen MR) is 106 cm³/mol. The molecule has 0 aliphatic heterocycles. The summed E-state index contributed by atoms with van der Waals surface area (Å²) < 4.78 is 22.1. The largest absolute Gasteiger partial charge is 0.491 e. The van der Waals surface area contributed by atoms with E-state index in [0.717, 1.165) is 15.8 Å². The molecule has 1 aromatic heterocycles. The number of H-pyrrole nitrogens is 1. The van der Waals surface area contributed by atoms with Gasteiger partial charge in [0.2, 0.25) is 4.77 Å². The molecule has 3 aromatic rings. The molecule has 134 valence electrons. The number of aromatic nitrogens is 3.